The Kier molecular flexibility index (Phi) is 6.72. The predicted molar refractivity (Wildman–Crippen MR) is 108 cm³/mol. The van der Waals surface area contributed by atoms with Gasteiger partial charge in [0.15, 0.2) is 5.69 Å². The summed E-state index contributed by atoms with van der Waals surface area (Å²) >= 11 is 2.24. The second kappa shape index (κ2) is 8.80. The van der Waals surface area contributed by atoms with Crippen molar-refractivity contribution in [2.75, 3.05) is 13.1 Å². The monoisotopic (exact) mass is 476 g/mol. The molecule has 1 saturated heterocycles. The minimum absolute atomic E-state index is 0.0199. The average molecular weight is 476 g/mol. The number of hydrogen-bond donors (Lipinski definition) is 1. The number of carbonyl (C=O) groups excluding carboxylic acids is 2. The molecule has 2 amide bonds. The van der Waals surface area contributed by atoms with Gasteiger partial charge in [-0.3, -0.25) is 9.59 Å². The third-order valence-electron chi connectivity index (χ3n) is 5.41. The minimum atomic E-state index is -0.0199. The van der Waals surface area contributed by atoms with E-state index < -0.39 is 0 Å². The number of likely N-dealkylation sites (tertiary alicyclic amines) is 1. The highest BCUT2D eigenvalue weighted by Crippen LogP contribution is 2.26. The maximum Gasteiger partial charge on any atom is 0.274 e. The number of nitrogens with one attached hydrogen (secondary N) is 1. The average Bonchev–Trinajstić information content (AvgIpc) is 3.12. The van der Waals surface area contributed by atoms with Crippen molar-refractivity contribution in [3.63, 3.8) is 0 Å². The number of halogens is 1. The van der Waals surface area contributed by atoms with E-state index in [0.29, 0.717) is 31.2 Å². The molecule has 138 valence electrons. The number of hydrogen-bond acceptors (Lipinski definition) is 3. The summed E-state index contributed by atoms with van der Waals surface area (Å²) in [6.07, 6.45) is 8.45. The Morgan fingerprint density at radius 3 is 2.48 bits per heavy atom. The van der Waals surface area contributed by atoms with E-state index in [1.54, 1.807) is 10.5 Å². The Morgan fingerprint density at radius 2 is 1.88 bits per heavy atom. The Balaban J connectivity index is 1.46. The second-order valence-electron chi connectivity index (χ2n) is 7.26. The lowest BCUT2D eigenvalue weighted by atomic mass is 9.86. The first-order valence-electron chi connectivity index (χ1n) is 9.08. The van der Waals surface area contributed by atoms with Crippen LogP contribution in [0.2, 0.25) is 0 Å². The normalized spacial score (nSPS) is 25.4. The Morgan fingerprint density at radius 1 is 1.20 bits per heavy atom. The molecular formula is C17H26IN4O2P. The van der Waals surface area contributed by atoms with Crippen molar-refractivity contribution in [2.45, 2.75) is 51.5 Å². The standard InChI is InChI=1S/C17H26IN4O2P/c1-12-2-4-14(5-3-12)19-16(23)13-6-9-21(10-7-13)17(24)15-8-11-22(20-15)25-18/h8,11-14,25H,2-7,9-10H2,1H3,(H,19,23). The van der Waals surface area contributed by atoms with Gasteiger partial charge in [-0.05, 0) is 72.6 Å². The molecule has 1 saturated carbocycles. The summed E-state index contributed by atoms with van der Waals surface area (Å²) in [6, 6.07) is 2.12. The van der Waals surface area contributed by atoms with Crippen LogP contribution in [-0.4, -0.2) is 45.4 Å². The maximum absolute atomic E-state index is 12.5. The number of nitrogens with zero attached hydrogens (tertiary/aromatic N) is 3. The number of aromatic nitrogens is 2. The van der Waals surface area contributed by atoms with Gasteiger partial charge < -0.3 is 10.2 Å². The van der Waals surface area contributed by atoms with E-state index in [1.807, 2.05) is 11.1 Å². The molecule has 2 fully saturated rings. The third kappa shape index (κ3) is 4.94. The van der Waals surface area contributed by atoms with Gasteiger partial charge in [-0.1, -0.05) is 6.92 Å². The van der Waals surface area contributed by atoms with E-state index in [-0.39, 0.29) is 17.7 Å². The molecule has 25 heavy (non-hydrogen) atoms. The number of amides is 2. The molecule has 1 unspecified atom stereocenters. The van der Waals surface area contributed by atoms with Crippen molar-refractivity contribution in [3.8, 4) is 0 Å². The summed E-state index contributed by atoms with van der Waals surface area (Å²) in [7, 11) is 0. The molecule has 1 atom stereocenters. The lowest BCUT2D eigenvalue weighted by molar-refractivity contribution is -0.127. The molecule has 1 aliphatic heterocycles. The predicted octanol–water partition coefficient (Wildman–Crippen LogP) is 3.22. The fraction of sp³-hybridized carbons (Fsp3) is 0.706. The largest absolute Gasteiger partial charge is 0.353 e. The van der Waals surface area contributed by atoms with E-state index in [2.05, 4.69) is 39.4 Å². The van der Waals surface area contributed by atoms with Gasteiger partial charge in [-0.2, -0.15) is 5.10 Å². The molecular weight excluding hydrogens is 450 g/mol. The van der Waals surface area contributed by atoms with Gasteiger partial charge >= 0.3 is 0 Å². The lowest BCUT2D eigenvalue weighted by Gasteiger charge is -2.33. The summed E-state index contributed by atoms with van der Waals surface area (Å²) in [5, 5.41) is 7.53. The second-order valence-corrected chi connectivity index (χ2v) is 9.34. The topological polar surface area (TPSA) is 67.2 Å². The Hall–Kier alpha value is -0.690. The minimum Gasteiger partial charge on any atom is -0.353 e. The summed E-state index contributed by atoms with van der Waals surface area (Å²) in [5.74, 6) is 0.992. The zero-order valence-corrected chi connectivity index (χ0v) is 17.7. The van der Waals surface area contributed by atoms with Crippen molar-refractivity contribution in [1.82, 2.24) is 19.8 Å². The highest BCUT2D eigenvalue weighted by atomic mass is 127. The molecule has 0 radical (unpaired) electrons. The van der Waals surface area contributed by atoms with Gasteiger partial charge in [0.25, 0.3) is 5.91 Å². The van der Waals surface area contributed by atoms with Crippen LogP contribution in [0.4, 0.5) is 0 Å². The van der Waals surface area contributed by atoms with Gasteiger partial charge in [0, 0.05) is 31.2 Å². The molecule has 1 aliphatic carbocycles. The van der Waals surface area contributed by atoms with E-state index >= 15 is 0 Å². The van der Waals surface area contributed by atoms with Crippen LogP contribution in [-0.2, 0) is 4.79 Å². The number of piperidine rings is 1. The van der Waals surface area contributed by atoms with Gasteiger partial charge in [0.2, 0.25) is 5.91 Å². The van der Waals surface area contributed by atoms with Gasteiger partial charge in [0.05, 0.1) is 6.37 Å². The molecule has 2 heterocycles. The van der Waals surface area contributed by atoms with Crippen LogP contribution in [0.15, 0.2) is 12.3 Å². The number of carbonyl (C=O) groups is 2. The van der Waals surface area contributed by atoms with Crippen molar-refractivity contribution < 1.29 is 9.59 Å². The van der Waals surface area contributed by atoms with Crippen molar-refractivity contribution in [1.29, 1.82) is 0 Å². The highest BCUT2D eigenvalue weighted by Gasteiger charge is 2.30. The summed E-state index contributed by atoms with van der Waals surface area (Å²) in [4.78, 5) is 26.8. The summed E-state index contributed by atoms with van der Waals surface area (Å²) < 4.78 is 1.78. The SMILES string of the molecule is CC1CCC(NC(=O)C2CCN(C(=O)c3ccn(PI)n3)CC2)CC1. The maximum atomic E-state index is 12.5. The van der Waals surface area contributed by atoms with Crippen LogP contribution in [0.25, 0.3) is 0 Å². The molecule has 1 N–H and O–H groups in total. The molecule has 0 bridgehead atoms. The van der Waals surface area contributed by atoms with Crippen LogP contribution < -0.4 is 5.32 Å². The lowest BCUT2D eigenvalue weighted by Crippen LogP contribution is -2.46. The van der Waals surface area contributed by atoms with Crippen LogP contribution in [0.5, 0.6) is 0 Å². The van der Waals surface area contributed by atoms with Crippen LogP contribution in [0, 0.1) is 11.8 Å². The molecule has 0 spiro atoms. The first-order chi connectivity index (χ1) is 12.1. The van der Waals surface area contributed by atoms with Crippen molar-refractivity contribution in [2.24, 2.45) is 11.8 Å². The fourth-order valence-corrected chi connectivity index (χ4v) is 4.80. The van der Waals surface area contributed by atoms with Crippen molar-refractivity contribution in [3.05, 3.63) is 18.0 Å². The van der Waals surface area contributed by atoms with E-state index in [4.69, 9.17) is 0 Å². The van der Waals surface area contributed by atoms with Crippen LogP contribution >= 0.6 is 28.4 Å². The Bertz CT molecular complexity index is 608. The molecule has 8 heteroatoms. The quantitative estimate of drug-likeness (QED) is 0.536. The summed E-state index contributed by atoms with van der Waals surface area (Å²) in [5.41, 5.74) is 0.503. The molecule has 1 aromatic heterocycles. The van der Waals surface area contributed by atoms with E-state index in [1.165, 1.54) is 12.8 Å². The number of rotatable bonds is 4. The first-order valence-corrected chi connectivity index (χ1v) is 13.1. The fourth-order valence-electron chi connectivity index (χ4n) is 3.72. The third-order valence-corrected chi connectivity index (χ3v) is 7.32. The van der Waals surface area contributed by atoms with Crippen LogP contribution in [0.1, 0.15) is 55.9 Å². The van der Waals surface area contributed by atoms with Gasteiger partial charge in [-0.25, -0.2) is 4.45 Å². The van der Waals surface area contributed by atoms with Crippen molar-refractivity contribution >= 4 is 40.2 Å². The molecule has 3 rings (SSSR count). The zero-order valence-electron chi connectivity index (χ0n) is 14.6. The Labute approximate surface area is 163 Å². The van der Waals surface area contributed by atoms with E-state index in [0.717, 1.165) is 31.6 Å². The molecule has 6 nitrogen and oxygen atoms in total. The van der Waals surface area contributed by atoms with E-state index in [9.17, 15) is 9.59 Å². The molecule has 2 aliphatic rings. The molecule has 0 aromatic carbocycles. The van der Waals surface area contributed by atoms with Gasteiger partial charge in [0.1, 0.15) is 0 Å². The zero-order chi connectivity index (χ0) is 17.8. The summed E-state index contributed by atoms with van der Waals surface area (Å²) in [6.45, 7) is 3.56. The smallest absolute Gasteiger partial charge is 0.274 e. The molecule has 1 aromatic rings. The highest BCUT2D eigenvalue weighted by molar-refractivity contribution is 14.2. The first kappa shape index (κ1) is 19.1. The van der Waals surface area contributed by atoms with Crippen LogP contribution in [0.3, 0.4) is 0 Å². The van der Waals surface area contributed by atoms with Gasteiger partial charge in [-0.15, -0.1) is 0 Å².